The van der Waals surface area contributed by atoms with E-state index in [1.165, 1.54) is 0 Å². The molecule has 2 aromatic carbocycles. The molecule has 0 unspecified atom stereocenters. The molecule has 2 N–H and O–H groups in total. The van der Waals surface area contributed by atoms with E-state index in [-0.39, 0.29) is 0 Å². The van der Waals surface area contributed by atoms with Crippen LogP contribution in [0.3, 0.4) is 0 Å². The maximum atomic E-state index is 5.31. The Hall–Kier alpha value is -2.53. The van der Waals surface area contributed by atoms with E-state index < -0.39 is 0 Å². The molecule has 1 aromatic heterocycles. The Morgan fingerprint density at radius 3 is 1.91 bits per heavy atom. The lowest BCUT2D eigenvalue weighted by atomic mass is 10.0. The maximum absolute atomic E-state index is 5.31. The molecule has 0 aliphatic carbocycles. The number of hydrogen-bond donors (Lipinski definition) is 2. The lowest BCUT2D eigenvalue weighted by Crippen LogP contribution is -1.89. The topological polar surface area (TPSA) is 50.0 Å². The number of nitrogens with one attached hydrogen (secondary N) is 2. The summed E-state index contributed by atoms with van der Waals surface area (Å²) in [4.78, 5) is 6.08. The summed E-state index contributed by atoms with van der Waals surface area (Å²) in [6, 6.07) is 14.1. The van der Waals surface area contributed by atoms with Crippen molar-refractivity contribution in [1.82, 2.24) is 9.97 Å². The van der Waals surface area contributed by atoms with Gasteiger partial charge >= 0.3 is 0 Å². The average molecular weight is 312 g/mol. The Balaban J connectivity index is 1.97. The Morgan fingerprint density at radius 2 is 1.41 bits per heavy atom. The van der Waals surface area contributed by atoms with E-state index in [1.54, 1.807) is 14.2 Å². The van der Waals surface area contributed by atoms with E-state index in [2.05, 4.69) is 34.2 Å². The number of rotatable bonds is 4. The van der Waals surface area contributed by atoms with Gasteiger partial charge in [-0.05, 0) is 41.0 Å². The van der Waals surface area contributed by atoms with Gasteiger partial charge in [0.15, 0.2) is 4.77 Å². The van der Waals surface area contributed by atoms with Gasteiger partial charge in [-0.1, -0.05) is 24.3 Å². The molecule has 0 saturated heterocycles. The highest BCUT2D eigenvalue weighted by atomic mass is 32.1. The van der Waals surface area contributed by atoms with Crippen LogP contribution in [0.2, 0.25) is 0 Å². The molecule has 0 atom stereocenters. The minimum atomic E-state index is 0.622. The summed E-state index contributed by atoms with van der Waals surface area (Å²) >= 11 is 5.05. The fourth-order valence-electron chi connectivity index (χ4n) is 2.30. The molecule has 0 aliphatic heterocycles. The first-order valence-corrected chi connectivity index (χ1v) is 7.22. The van der Waals surface area contributed by atoms with Crippen molar-refractivity contribution < 1.29 is 9.47 Å². The van der Waals surface area contributed by atoms with Crippen LogP contribution in [-0.2, 0) is 0 Å². The van der Waals surface area contributed by atoms with Gasteiger partial charge in [0.2, 0.25) is 0 Å². The molecule has 1 heterocycles. The van der Waals surface area contributed by atoms with E-state index in [1.807, 2.05) is 24.4 Å². The summed E-state index contributed by atoms with van der Waals surface area (Å²) in [6.45, 7) is 0. The third-order valence-electron chi connectivity index (χ3n) is 3.48. The van der Waals surface area contributed by atoms with Gasteiger partial charge in [0.05, 0.1) is 19.9 Å². The van der Waals surface area contributed by atoms with Crippen molar-refractivity contribution in [3.63, 3.8) is 0 Å². The molecule has 22 heavy (non-hydrogen) atoms. The second kappa shape index (κ2) is 6.07. The summed E-state index contributed by atoms with van der Waals surface area (Å²) < 4.78 is 11.2. The van der Waals surface area contributed by atoms with Crippen LogP contribution < -0.4 is 9.47 Å². The highest BCUT2D eigenvalue weighted by Crippen LogP contribution is 2.30. The summed E-state index contributed by atoms with van der Waals surface area (Å²) in [5, 5.41) is 0. The van der Waals surface area contributed by atoms with Gasteiger partial charge in [-0.15, -0.1) is 0 Å². The first-order chi connectivity index (χ1) is 10.7. The number of H-pyrrole nitrogens is 2. The number of imidazole rings is 1. The quantitative estimate of drug-likeness (QED) is 0.701. The fourth-order valence-corrected chi connectivity index (χ4v) is 2.47. The molecule has 0 saturated carbocycles. The first-order valence-electron chi connectivity index (χ1n) is 6.81. The van der Waals surface area contributed by atoms with Crippen molar-refractivity contribution in [2.45, 2.75) is 0 Å². The van der Waals surface area contributed by atoms with Crippen LogP contribution in [0.5, 0.6) is 11.5 Å². The van der Waals surface area contributed by atoms with Crippen LogP contribution in [-0.4, -0.2) is 24.2 Å². The molecule has 0 bridgehead atoms. The second-order valence-electron chi connectivity index (χ2n) is 4.84. The Morgan fingerprint density at radius 1 is 0.818 bits per heavy atom. The van der Waals surface area contributed by atoms with Crippen molar-refractivity contribution in [3.8, 4) is 33.9 Å². The Kier molecular flexibility index (Phi) is 3.98. The third-order valence-corrected chi connectivity index (χ3v) is 3.70. The van der Waals surface area contributed by atoms with E-state index in [0.29, 0.717) is 4.77 Å². The summed E-state index contributed by atoms with van der Waals surface area (Å²) in [5.74, 6) is 1.54. The van der Waals surface area contributed by atoms with Crippen LogP contribution in [0.4, 0.5) is 0 Å². The largest absolute Gasteiger partial charge is 0.497 e. The SMILES string of the molecule is COc1cc(OC)cc(-c2ccc(-c3c[nH]c(=S)[nH]3)cc2)c1. The van der Waals surface area contributed by atoms with Crippen LogP contribution in [0.25, 0.3) is 22.4 Å². The zero-order chi connectivity index (χ0) is 15.5. The number of methoxy groups -OCH3 is 2. The van der Waals surface area contributed by atoms with Gasteiger partial charge in [-0.2, -0.15) is 0 Å². The van der Waals surface area contributed by atoms with Crippen molar-refractivity contribution in [2.24, 2.45) is 0 Å². The standard InChI is InChI=1S/C17H16N2O2S/c1-20-14-7-13(8-15(9-14)21-2)11-3-5-12(6-4-11)16-10-18-17(22)19-16/h3-10H,1-2H3,(H2,18,19,22). The Bertz CT molecular complexity index is 812. The van der Waals surface area contributed by atoms with Gasteiger partial charge in [0, 0.05) is 12.3 Å². The van der Waals surface area contributed by atoms with Gasteiger partial charge in [-0.25, -0.2) is 0 Å². The first kappa shape index (κ1) is 14.4. The van der Waals surface area contributed by atoms with Crippen molar-refractivity contribution in [3.05, 3.63) is 53.4 Å². The molecular formula is C17H16N2O2S. The van der Waals surface area contributed by atoms with E-state index >= 15 is 0 Å². The number of aromatic nitrogens is 2. The highest BCUT2D eigenvalue weighted by Gasteiger charge is 2.05. The second-order valence-corrected chi connectivity index (χ2v) is 5.24. The van der Waals surface area contributed by atoms with Gasteiger partial charge < -0.3 is 19.4 Å². The van der Waals surface area contributed by atoms with Crippen molar-refractivity contribution >= 4 is 12.2 Å². The summed E-state index contributed by atoms with van der Waals surface area (Å²) in [6.07, 6.45) is 1.87. The normalized spacial score (nSPS) is 10.5. The molecule has 5 heteroatoms. The Labute approximate surface area is 133 Å². The monoisotopic (exact) mass is 312 g/mol. The minimum Gasteiger partial charge on any atom is -0.497 e. The van der Waals surface area contributed by atoms with E-state index in [9.17, 15) is 0 Å². The lowest BCUT2D eigenvalue weighted by Gasteiger charge is -2.09. The summed E-state index contributed by atoms with van der Waals surface area (Å²) in [7, 11) is 3.30. The molecule has 112 valence electrons. The van der Waals surface area contributed by atoms with Crippen LogP contribution in [0, 0.1) is 4.77 Å². The number of ether oxygens (including phenoxy) is 2. The number of benzene rings is 2. The third kappa shape index (κ3) is 2.89. The van der Waals surface area contributed by atoms with E-state index in [0.717, 1.165) is 33.9 Å². The molecule has 3 rings (SSSR count). The molecule has 0 fully saturated rings. The molecule has 0 aliphatic rings. The highest BCUT2D eigenvalue weighted by molar-refractivity contribution is 7.71. The molecule has 3 aromatic rings. The predicted molar refractivity (Wildman–Crippen MR) is 90.0 cm³/mol. The summed E-state index contributed by atoms with van der Waals surface area (Å²) in [5.41, 5.74) is 4.19. The average Bonchev–Trinajstić information content (AvgIpc) is 3.01. The fraction of sp³-hybridized carbons (Fsp3) is 0.118. The van der Waals surface area contributed by atoms with Crippen molar-refractivity contribution in [2.75, 3.05) is 14.2 Å². The molecule has 4 nitrogen and oxygen atoms in total. The van der Waals surface area contributed by atoms with Gasteiger partial charge in [0.1, 0.15) is 11.5 Å². The van der Waals surface area contributed by atoms with Crippen molar-refractivity contribution in [1.29, 1.82) is 0 Å². The lowest BCUT2D eigenvalue weighted by molar-refractivity contribution is 0.394. The number of aromatic amines is 2. The zero-order valence-corrected chi connectivity index (χ0v) is 13.2. The van der Waals surface area contributed by atoms with Gasteiger partial charge in [-0.3, -0.25) is 0 Å². The minimum absolute atomic E-state index is 0.622. The smallest absolute Gasteiger partial charge is 0.174 e. The zero-order valence-electron chi connectivity index (χ0n) is 12.3. The number of hydrogen-bond acceptors (Lipinski definition) is 3. The van der Waals surface area contributed by atoms with Crippen LogP contribution >= 0.6 is 12.2 Å². The van der Waals surface area contributed by atoms with Crippen LogP contribution in [0.1, 0.15) is 0 Å². The molecule has 0 spiro atoms. The molecule has 0 radical (unpaired) electrons. The predicted octanol–water partition coefficient (Wildman–Crippen LogP) is 4.42. The van der Waals surface area contributed by atoms with Gasteiger partial charge in [0.25, 0.3) is 0 Å². The molecule has 0 amide bonds. The molecular weight excluding hydrogens is 296 g/mol. The van der Waals surface area contributed by atoms with E-state index in [4.69, 9.17) is 21.7 Å². The maximum Gasteiger partial charge on any atom is 0.174 e. The van der Waals surface area contributed by atoms with Crippen LogP contribution in [0.15, 0.2) is 48.7 Å².